The van der Waals surface area contributed by atoms with E-state index in [0.717, 1.165) is 17.0 Å². The maximum Gasteiger partial charge on any atom is 0.251 e. The van der Waals surface area contributed by atoms with Gasteiger partial charge in [-0.15, -0.1) is 0 Å². The normalized spacial score (nSPS) is 18.6. The van der Waals surface area contributed by atoms with Gasteiger partial charge in [0.1, 0.15) is 11.9 Å². The van der Waals surface area contributed by atoms with Gasteiger partial charge in [0, 0.05) is 19.2 Å². The van der Waals surface area contributed by atoms with Crippen molar-refractivity contribution in [1.82, 2.24) is 14.9 Å². The van der Waals surface area contributed by atoms with E-state index >= 15 is 0 Å². The molecule has 21 heavy (non-hydrogen) atoms. The molecule has 2 heterocycles. The van der Waals surface area contributed by atoms with E-state index in [-0.39, 0.29) is 35.1 Å². The average Bonchev–Trinajstić information content (AvgIpc) is 2.68. The Bertz CT molecular complexity index is 765. The fourth-order valence-electron chi connectivity index (χ4n) is 2.12. The lowest BCUT2D eigenvalue weighted by atomic mass is 10.2. The number of nitrogens with one attached hydrogen (secondary N) is 1. The number of fused-ring (bicyclic) bond motifs is 1. The molecule has 1 aliphatic rings. The van der Waals surface area contributed by atoms with Crippen LogP contribution in [0, 0.1) is 11.6 Å². The number of nitrogens with zero attached hydrogens (tertiary/aromatic N) is 3. The Labute approximate surface area is 117 Å². The Balaban J connectivity index is 1.90. The fourth-order valence-corrected chi connectivity index (χ4v) is 2.12. The van der Waals surface area contributed by atoms with Crippen LogP contribution in [0.1, 0.15) is 6.42 Å². The highest BCUT2D eigenvalue weighted by Gasteiger charge is 2.36. The summed E-state index contributed by atoms with van der Waals surface area (Å²) in [5.41, 5.74) is 0.356. The summed E-state index contributed by atoms with van der Waals surface area (Å²) in [6.07, 6.45) is 1.32. The molecule has 0 aliphatic carbocycles. The Morgan fingerprint density at radius 2 is 1.90 bits per heavy atom. The number of likely N-dealkylation sites (tertiary alicyclic amines) is 1. The second kappa shape index (κ2) is 4.72. The number of carbonyl (C=O) groups excluding carboxylic acids is 2. The molecule has 1 unspecified atom stereocenters. The SMILES string of the molecule is CN1C(=O)CC(Nc2cnc3cc(F)c(F)cc3n2)C1=O. The zero-order valence-electron chi connectivity index (χ0n) is 10.9. The van der Waals surface area contributed by atoms with E-state index in [1.165, 1.54) is 13.2 Å². The second-order valence-electron chi connectivity index (χ2n) is 4.70. The minimum Gasteiger partial charge on any atom is -0.357 e. The first kappa shape index (κ1) is 13.3. The number of benzene rings is 1. The van der Waals surface area contributed by atoms with Crippen LogP contribution >= 0.6 is 0 Å². The number of hydrogen-bond donors (Lipinski definition) is 1. The summed E-state index contributed by atoms with van der Waals surface area (Å²) in [4.78, 5) is 32.2. The standard InChI is InChI=1S/C13H10F2N4O2/c1-19-12(20)4-10(13(19)21)18-11-5-16-8-2-6(14)7(15)3-9(8)17-11/h2-3,5,10H,4H2,1H3,(H,17,18). The molecule has 108 valence electrons. The van der Waals surface area contributed by atoms with Crippen LogP contribution < -0.4 is 5.32 Å². The van der Waals surface area contributed by atoms with Crippen LogP contribution in [0.5, 0.6) is 0 Å². The molecule has 1 aliphatic heterocycles. The largest absolute Gasteiger partial charge is 0.357 e. The van der Waals surface area contributed by atoms with Crippen LogP contribution in [0.15, 0.2) is 18.3 Å². The summed E-state index contributed by atoms with van der Waals surface area (Å²) >= 11 is 0. The summed E-state index contributed by atoms with van der Waals surface area (Å²) in [5.74, 6) is -2.47. The summed E-state index contributed by atoms with van der Waals surface area (Å²) in [6.45, 7) is 0. The molecule has 6 nitrogen and oxygen atoms in total. The quantitative estimate of drug-likeness (QED) is 0.838. The van der Waals surface area contributed by atoms with E-state index in [4.69, 9.17) is 0 Å². The number of anilines is 1. The van der Waals surface area contributed by atoms with Crippen molar-refractivity contribution in [3.63, 3.8) is 0 Å². The van der Waals surface area contributed by atoms with E-state index in [2.05, 4.69) is 15.3 Å². The van der Waals surface area contributed by atoms with Crippen molar-refractivity contribution in [2.75, 3.05) is 12.4 Å². The zero-order valence-corrected chi connectivity index (χ0v) is 10.9. The van der Waals surface area contributed by atoms with Gasteiger partial charge in [0.05, 0.1) is 23.7 Å². The number of imide groups is 1. The molecule has 1 aromatic carbocycles. The minimum absolute atomic E-state index is 0.0207. The maximum atomic E-state index is 13.2. The Kier molecular flexibility index (Phi) is 3.00. The third-order valence-electron chi connectivity index (χ3n) is 3.29. The summed E-state index contributed by atoms with van der Waals surface area (Å²) < 4.78 is 26.2. The van der Waals surface area contributed by atoms with E-state index in [9.17, 15) is 18.4 Å². The van der Waals surface area contributed by atoms with Gasteiger partial charge in [-0.25, -0.2) is 13.8 Å². The van der Waals surface area contributed by atoms with Crippen LogP contribution in [0.3, 0.4) is 0 Å². The number of halogens is 2. The van der Waals surface area contributed by atoms with Crippen LogP contribution in [0.25, 0.3) is 11.0 Å². The maximum absolute atomic E-state index is 13.2. The molecule has 3 rings (SSSR count). The predicted molar refractivity (Wildman–Crippen MR) is 69.3 cm³/mol. The molecule has 1 saturated heterocycles. The molecule has 0 saturated carbocycles. The van der Waals surface area contributed by atoms with Gasteiger partial charge in [0.25, 0.3) is 5.91 Å². The third kappa shape index (κ3) is 2.28. The summed E-state index contributed by atoms with van der Waals surface area (Å²) in [7, 11) is 1.40. The molecule has 1 fully saturated rings. The van der Waals surface area contributed by atoms with E-state index < -0.39 is 17.7 Å². The summed E-state index contributed by atoms with van der Waals surface area (Å²) in [5, 5.41) is 2.78. The molecule has 8 heteroatoms. The lowest BCUT2D eigenvalue weighted by molar-refractivity contribution is -0.136. The van der Waals surface area contributed by atoms with Crippen molar-refractivity contribution >= 4 is 28.7 Å². The molecule has 2 aromatic rings. The molecule has 0 bridgehead atoms. The Hall–Kier alpha value is -2.64. The molecule has 1 aromatic heterocycles. The van der Waals surface area contributed by atoms with Crippen LogP contribution in [0.2, 0.25) is 0 Å². The van der Waals surface area contributed by atoms with Gasteiger partial charge in [-0.2, -0.15) is 0 Å². The van der Waals surface area contributed by atoms with Gasteiger partial charge in [0.2, 0.25) is 5.91 Å². The lowest BCUT2D eigenvalue weighted by Crippen LogP contribution is -2.32. The van der Waals surface area contributed by atoms with Crippen LogP contribution in [0.4, 0.5) is 14.6 Å². The van der Waals surface area contributed by atoms with Gasteiger partial charge >= 0.3 is 0 Å². The number of aromatic nitrogens is 2. The average molecular weight is 292 g/mol. The highest BCUT2D eigenvalue weighted by Crippen LogP contribution is 2.19. The van der Waals surface area contributed by atoms with Crippen molar-refractivity contribution in [2.45, 2.75) is 12.5 Å². The van der Waals surface area contributed by atoms with Gasteiger partial charge in [-0.1, -0.05) is 0 Å². The Morgan fingerprint density at radius 3 is 2.52 bits per heavy atom. The first-order valence-electron chi connectivity index (χ1n) is 6.14. The number of amides is 2. The first-order chi connectivity index (χ1) is 9.95. The zero-order chi connectivity index (χ0) is 15.1. The van der Waals surface area contributed by atoms with Crippen molar-refractivity contribution in [1.29, 1.82) is 0 Å². The van der Waals surface area contributed by atoms with E-state index in [1.807, 2.05) is 0 Å². The Morgan fingerprint density at radius 1 is 1.24 bits per heavy atom. The molecular weight excluding hydrogens is 282 g/mol. The second-order valence-corrected chi connectivity index (χ2v) is 4.70. The first-order valence-corrected chi connectivity index (χ1v) is 6.14. The molecule has 1 atom stereocenters. The molecule has 2 amide bonds. The van der Waals surface area contributed by atoms with Gasteiger partial charge in [-0.3, -0.25) is 19.5 Å². The van der Waals surface area contributed by atoms with Crippen molar-refractivity contribution in [2.24, 2.45) is 0 Å². The monoisotopic (exact) mass is 292 g/mol. The van der Waals surface area contributed by atoms with E-state index in [1.54, 1.807) is 0 Å². The highest BCUT2D eigenvalue weighted by molar-refractivity contribution is 6.06. The topological polar surface area (TPSA) is 75.2 Å². The van der Waals surface area contributed by atoms with Gasteiger partial charge in [0.15, 0.2) is 11.6 Å². The number of carbonyl (C=O) groups is 2. The van der Waals surface area contributed by atoms with Crippen molar-refractivity contribution in [3.05, 3.63) is 30.0 Å². The van der Waals surface area contributed by atoms with Crippen LogP contribution in [-0.2, 0) is 9.59 Å². The van der Waals surface area contributed by atoms with Gasteiger partial charge in [-0.05, 0) is 0 Å². The number of hydrogen-bond acceptors (Lipinski definition) is 5. The molecule has 0 radical (unpaired) electrons. The molecule has 0 spiro atoms. The molecule has 1 N–H and O–H groups in total. The minimum atomic E-state index is -1.03. The highest BCUT2D eigenvalue weighted by atomic mass is 19.2. The van der Waals surface area contributed by atoms with Crippen molar-refractivity contribution < 1.29 is 18.4 Å². The molecular formula is C13H10F2N4O2. The fraction of sp³-hybridized carbons (Fsp3) is 0.231. The van der Waals surface area contributed by atoms with Crippen LogP contribution in [-0.4, -0.2) is 39.8 Å². The number of likely N-dealkylation sites (N-methyl/N-ethyl adjacent to an activating group) is 1. The van der Waals surface area contributed by atoms with Gasteiger partial charge < -0.3 is 5.32 Å². The van der Waals surface area contributed by atoms with E-state index in [0.29, 0.717) is 0 Å². The van der Waals surface area contributed by atoms with Crippen molar-refractivity contribution in [3.8, 4) is 0 Å². The smallest absolute Gasteiger partial charge is 0.251 e. The number of rotatable bonds is 2. The lowest BCUT2D eigenvalue weighted by Gasteiger charge is -2.11. The summed E-state index contributed by atoms with van der Waals surface area (Å²) in [6, 6.07) is 1.15. The predicted octanol–water partition coefficient (Wildman–Crippen LogP) is 1.08. The third-order valence-corrected chi connectivity index (χ3v) is 3.29.